The molecule has 1 heterocycles. The molecule has 0 aliphatic heterocycles. The smallest absolute Gasteiger partial charge is 0.303 e. The first kappa shape index (κ1) is 16.7. The van der Waals surface area contributed by atoms with Gasteiger partial charge < -0.3 is 10.0 Å². The zero-order valence-corrected chi connectivity index (χ0v) is 13.3. The lowest BCUT2D eigenvalue weighted by Gasteiger charge is -2.23. The first-order chi connectivity index (χ1) is 11.0. The quantitative estimate of drug-likeness (QED) is 0.822. The summed E-state index contributed by atoms with van der Waals surface area (Å²) in [5.74, 6) is -0.954. The average Bonchev–Trinajstić information content (AvgIpc) is 3.03. The Morgan fingerprint density at radius 3 is 2.61 bits per heavy atom. The van der Waals surface area contributed by atoms with E-state index in [1.807, 2.05) is 43.3 Å². The van der Waals surface area contributed by atoms with Gasteiger partial charge in [0.05, 0.1) is 17.4 Å². The lowest BCUT2D eigenvalue weighted by Crippen LogP contribution is -2.29. The van der Waals surface area contributed by atoms with E-state index in [0.717, 1.165) is 17.0 Å². The zero-order valence-electron chi connectivity index (χ0n) is 13.3. The predicted molar refractivity (Wildman–Crippen MR) is 86.7 cm³/mol. The highest BCUT2D eigenvalue weighted by molar-refractivity contribution is 5.77. The van der Waals surface area contributed by atoms with Gasteiger partial charge in [-0.3, -0.25) is 14.7 Å². The summed E-state index contributed by atoms with van der Waals surface area (Å²) < 4.78 is 0. The van der Waals surface area contributed by atoms with Gasteiger partial charge in [0.1, 0.15) is 0 Å². The molecule has 2 N–H and O–H groups in total. The van der Waals surface area contributed by atoms with E-state index in [2.05, 4.69) is 10.2 Å². The van der Waals surface area contributed by atoms with Gasteiger partial charge in [-0.15, -0.1) is 0 Å². The normalized spacial score (nSPS) is 11.9. The number of carboxylic acid groups (broad SMARTS) is 1. The van der Waals surface area contributed by atoms with Crippen LogP contribution in [0.3, 0.4) is 0 Å². The number of nitrogens with zero attached hydrogens (tertiary/aromatic N) is 2. The van der Waals surface area contributed by atoms with Crippen molar-refractivity contribution in [2.75, 3.05) is 7.05 Å². The Morgan fingerprint density at radius 1 is 1.26 bits per heavy atom. The number of hydrogen-bond donors (Lipinski definition) is 2. The lowest BCUT2D eigenvalue weighted by molar-refractivity contribution is -0.137. The van der Waals surface area contributed by atoms with E-state index in [4.69, 9.17) is 5.11 Å². The minimum atomic E-state index is -0.880. The van der Waals surface area contributed by atoms with Crippen molar-refractivity contribution >= 4 is 11.9 Å². The first-order valence-corrected chi connectivity index (χ1v) is 7.57. The van der Waals surface area contributed by atoms with Crippen LogP contribution in [0, 0.1) is 0 Å². The molecule has 0 spiro atoms. The number of carboxylic acids is 1. The van der Waals surface area contributed by atoms with Gasteiger partial charge in [-0.05, 0) is 19.4 Å². The second-order valence-corrected chi connectivity index (χ2v) is 5.50. The van der Waals surface area contributed by atoms with Crippen molar-refractivity contribution < 1.29 is 14.7 Å². The van der Waals surface area contributed by atoms with Gasteiger partial charge in [-0.2, -0.15) is 5.10 Å². The van der Waals surface area contributed by atoms with Crippen LogP contribution in [0.5, 0.6) is 0 Å². The molecule has 0 fully saturated rings. The number of aromatic nitrogens is 2. The minimum absolute atomic E-state index is 0.0101. The number of nitrogens with one attached hydrogen (secondary N) is 1. The van der Waals surface area contributed by atoms with E-state index in [9.17, 15) is 9.59 Å². The molecule has 1 atom stereocenters. The summed E-state index contributed by atoms with van der Waals surface area (Å²) in [6, 6.07) is 11.6. The highest BCUT2D eigenvalue weighted by Crippen LogP contribution is 2.23. The number of carbonyl (C=O) groups is 2. The summed E-state index contributed by atoms with van der Waals surface area (Å²) in [6.07, 6.45) is 0.590. The molecule has 6 nitrogen and oxygen atoms in total. The van der Waals surface area contributed by atoms with Gasteiger partial charge in [-0.1, -0.05) is 30.3 Å². The SMILES string of the molecule is C[C@H](c1cc(-c2ccccc2)n[nH]1)N(C)C(=O)CCCC(=O)O. The molecule has 2 rings (SSSR count). The average molecular weight is 315 g/mol. The van der Waals surface area contributed by atoms with E-state index in [0.29, 0.717) is 6.42 Å². The molecule has 0 aliphatic rings. The summed E-state index contributed by atoms with van der Waals surface area (Å²) in [5.41, 5.74) is 2.69. The standard InChI is InChI=1S/C17H21N3O3/c1-12(20(2)16(21)9-6-10-17(22)23)14-11-15(19-18-14)13-7-4-3-5-8-13/h3-5,7-8,11-12H,6,9-10H2,1-2H3,(H,18,19)(H,22,23)/t12-/m1/s1. The summed E-state index contributed by atoms with van der Waals surface area (Å²) in [5, 5.41) is 15.9. The van der Waals surface area contributed by atoms with E-state index >= 15 is 0 Å². The molecule has 0 bridgehead atoms. The van der Waals surface area contributed by atoms with Gasteiger partial charge in [0.15, 0.2) is 0 Å². The number of benzene rings is 1. The van der Waals surface area contributed by atoms with E-state index in [1.54, 1.807) is 11.9 Å². The number of rotatable bonds is 7. The molecule has 23 heavy (non-hydrogen) atoms. The number of aromatic amines is 1. The Morgan fingerprint density at radius 2 is 1.96 bits per heavy atom. The van der Waals surface area contributed by atoms with Crippen molar-refractivity contribution in [1.29, 1.82) is 0 Å². The number of carbonyl (C=O) groups excluding carboxylic acids is 1. The molecule has 122 valence electrons. The number of aliphatic carboxylic acids is 1. The third-order valence-corrected chi connectivity index (χ3v) is 3.87. The maximum absolute atomic E-state index is 12.1. The van der Waals surface area contributed by atoms with Crippen molar-refractivity contribution in [1.82, 2.24) is 15.1 Å². The van der Waals surface area contributed by atoms with E-state index in [1.165, 1.54) is 0 Å². The topological polar surface area (TPSA) is 86.3 Å². The molecule has 1 aromatic heterocycles. The van der Waals surface area contributed by atoms with Crippen molar-refractivity contribution in [2.24, 2.45) is 0 Å². The third kappa shape index (κ3) is 4.42. The van der Waals surface area contributed by atoms with Gasteiger partial charge in [-0.25, -0.2) is 0 Å². The molecule has 1 amide bonds. The largest absolute Gasteiger partial charge is 0.481 e. The fourth-order valence-electron chi connectivity index (χ4n) is 2.30. The monoisotopic (exact) mass is 315 g/mol. The molecule has 0 saturated heterocycles. The van der Waals surface area contributed by atoms with Crippen LogP contribution in [0.1, 0.15) is 37.9 Å². The Hall–Kier alpha value is -2.63. The molecule has 6 heteroatoms. The van der Waals surface area contributed by atoms with Crippen LogP contribution in [0.25, 0.3) is 11.3 Å². The second-order valence-electron chi connectivity index (χ2n) is 5.50. The summed E-state index contributed by atoms with van der Waals surface area (Å²) in [7, 11) is 1.72. The van der Waals surface area contributed by atoms with Gasteiger partial charge in [0, 0.05) is 25.5 Å². The Bertz CT molecular complexity index is 667. The Balaban J connectivity index is 1.99. The Labute approximate surface area is 135 Å². The van der Waals surface area contributed by atoms with Crippen LogP contribution < -0.4 is 0 Å². The highest BCUT2D eigenvalue weighted by Gasteiger charge is 2.19. The number of hydrogen-bond acceptors (Lipinski definition) is 3. The fourth-order valence-corrected chi connectivity index (χ4v) is 2.30. The Kier molecular flexibility index (Phi) is 5.51. The van der Waals surface area contributed by atoms with Crippen LogP contribution in [-0.4, -0.2) is 39.1 Å². The summed E-state index contributed by atoms with van der Waals surface area (Å²) in [4.78, 5) is 24.2. The van der Waals surface area contributed by atoms with Gasteiger partial charge >= 0.3 is 5.97 Å². The van der Waals surface area contributed by atoms with Crippen LogP contribution in [-0.2, 0) is 9.59 Å². The van der Waals surface area contributed by atoms with E-state index in [-0.39, 0.29) is 24.8 Å². The number of amides is 1. The molecule has 0 radical (unpaired) electrons. The molecule has 2 aromatic rings. The molecule has 1 aromatic carbocycles. The van der Waals surface area contributed by atoms with Crippen molar-refractivity contribution in [3.8, 4) is 11.3 Å². The van der Waals surface area contributed by atoms with Crippen molar-refractivity contribution in [3.05, 3.63) is 42.1 Å². The minimum Gasteiger partial charge on any atom is -0.481 e. The maximum Gasteiger partial charge on any atom is 0.303 e. The predicted octanol–water partition coefficient (Wildman–Crippen LogP) is 2.85. The van der Waals surface area contributed by atoms with Crippen molar-refractivity contribution in [2.45, 2.75) is 32.2 Å². The summed E-state index contributed by atoms with van der Waals surface area (Å²) in [6.45, 7) is 1.91. The molecular formula is C17H21N3O3. The lowest BCUT2D eigenvalue weighted by atomic mass is 10.1. The first-order valence-electron chi connectivity index (χ1n) is 7.57. The highest BCUT2D eigenvalue weighted by atomic mass is 16.4. The van der Waals surface area contributed by atoms with Gasteiger partial charge in [0.25, 0.3) is 0 Å². The molecule has 0 aliphatic carbocycles. The van der Waals surface area contributed by atoms with Gasteiger partial charge in [0.2, 0.25) is 5.91 Å². The van der Waals surface area contributed by atoms with E-state index < -0.39 is 5.97 Å². The molecular weight excluding hydrogens is 294 g/mol. The molecule has 0 unspecified atom stereocenters. The van der Waals surface area contributed by atoms with Crippen LogP contribution in [0.2, 0.25) is 0 Å². The van der Waals surface area contributed by atoms with Crippen molar-refractivity contribution in [3.63, 3.8) is 0 Å². The second kappa shape index (κ2) is 7.58. The third-order valence-electron chi connectivity index (χ3n) is 3.87. The summed E-state index contributed by atoms with van der Waals surface area (Å²) >= 11 is 0. The van der Waals surface area contributed by atoms with Crippen LogP contribution in [0.15, 0.2) is 36.4 Å². The maximum atomic E-state index is 12.1. The number of H-pyrrole nitrogens is 1. The van der Waals surface area contributed by atoms with Crippen LogP contribution >= 0.6 is 0 Å². The van der Waals surface area contributed by atoms with Crippen LogP contribution in [0.4, 0.5) is 0 Å². The zero-order chi connectivity index (χ0) is 16.8. The molecule has 0 saturated carbocycles. The fraction of sp³-hybridized carbons (Fsp3) is 0.353.